The average Bonchev–Trinajstić information content (AvgIpc) is 3.34. The molecule has 0 radical (unpaired) electrons. The van der Waals surface area contributed by atoms with Crippen LogP contribution in [0.15, 0.2) is 60.0 Å². The zero-order chi connectivity index (χ0) is 16.4. The van der Waals surface area contributed by atoms with Crippen molar-refractivity contribution in [2.24, 2.45) is 5.92 Å². The second-order valence-corrected chi connectivity index (χ2v) is 7.47. The van der Waals surface area contributed by atoms with Gasteiger partial charge in [0, 0.05) is 23.5 Å². The van der Waals surface area contributed by atoms with E-state index in [1.807, 2.05) is 0 Å². The highest BCUT2D eigenvalue weighted by atomic mass is 32.1. The summed E-state index contributed by atoms with van der Waals surface area (Å²) >= 11 is 1.73. The van der Waals surface area contributed by atoms with Gasteiger partial charge in [-0.05, 0) is 31.2 Å². The highest BCUT2D eigenvalue weighted by Gasteiger charge is 2.31. The first-order valence-corrected chi connectivity index (χ1v) is 9.47. The minimum absolute atomic E-state index is 0.454. The van der Waals surface area contributed by atoms with Gasteiger partial charge in [-0.25, -0.2) is 4.98 Å². The third-order valence-electron chi connectivity index (χ3n) is 4.61. The zero-order valence-corrected chi connectivity index (χ0v) is 14.7. The average molecular weight is 334 g/mol. The second-order valence-electron chi connectivity index (χ2n) is 6.62. The summed E-state index contributed by atoms with van der Waals surface area (Å²) in [7, 11) is 0. The lowest BCUT2D eigenvalue weighted by molar-refractivity contribution is 0.477. The van der Waals surface area contributed by atoms with E-state index in [-0.39, 0.29) is 0 Å². The van der Waals surface area contributed by atoms with E-state index in [2.05, 4.69) is 72.2 Å². The Hall–Kier alpha value is -1.97. The molecule has 1 atom stereocenters. The van der Waals surface area contributed by atoms with Crippen LogP contribution in [0.2, 0.25) is 0 Å². The molecule has 0 saturated heterocycles. The molecule has 0 aliphatic heterocycles. The Bertz CT molecular complexity index is 788. The number of thiazole rings is 1. The molecule has 0 spiro atoms. The topological polar surface area (TPSA) is 24.9 Å². The van der Waals surface area contributed by atoms with Crippen LogP contribution >= 0.6 is 11.3 Å². The Labute approximate surface area is 147 Å². The SMILES string of the molecule is Cc1ccc(-c2nc(CNC(c3ccccc3)C3CC3)cs2)cc1. The first-order valence-electron chi connectivity index (χ1n) is 8.59. The fourth-order valence-corrected chi connectivity index (χ4v) is 3.90. The number of aromatic nitrogens is 1. The summed E-state index contributed by atoms with van der Waals surface area (Å²) in [5.74, 6) is 0.780. The number of hydrogen-bond donors (Lipinski definition) is 1. The zero-order valence-electron chi connectivity index (χ0n) is 13.9. The standard InChI is InChI=1S/C21H22N2S/c1-15-7-9-18(10-8-15)21-23-19(14-24-21)13-22-20(17-11-12-17)16-5-3-2-4-6-16/h2-10,14,17,20,22H,11-13H2,1H3. The predicted octanol–water partition coefficient (Wildman–Crippen LogP) is 5.36. The van der Waals surface area contributed by atoms with Gasteiger partial charge in [0.25, 0.3) is 0 Å². The number of rotatable bonds is 6. The van der Waals surface area contributed by atoms with E-state index in [1.54, 1.807) is 11.3 Å². The Morgan fingerprint density at radius 3 is 2.54 bits per heavy atom. The predicted molar refractivity (Wildman–Crippen MR) is 101 cm³/mol. The summed E-state index contributed by atoms with van der Waals surface area (Å²) in [6.45, 7) is 2.95. The van der Waals surface area contributed by atoms with Crippen LogP contribution < -0.4 is 5.32 Å². The fourth-order valence-electron chi connectivity index (χ4n) is 3.08. The van der Waals surface area contributed by atoms with E-state index in [0.29, 0.717) is 6.04 Å². The summed E-state index contributed by atoms with van der Waals surface area (Å²) in [6, 6.07) is 19.9. The monoisotopic (exact) mass is 334 g/mol. The molecular weight excluding hydrogens is 312 g/mol. The third-order valence-corrected chi connectivity index (χ3v) is 5.55. The molecule has 1 aliphatic rings. The first kappa shape index (κ1) is 15.6. The van der Waals surface area contributed by atoms with E-state index in [4.69, 9.17) is 4.98 Å². The van der Waals surface area contributed by atoms with Crippen molar-refractivity contribution in [3.05, 3.63) is 76.8 Å². The maximum atomic E-state index is 4.81. The number of benzene rings is 2. The molecule has 3 heteroatoms. The number of aryl methyl sites for hydroxylation is 1. The van der Waals surface area contributed by atoms with Crippen LogP contribution in [0.3, 0.4) is 0 Å². The quantitative estimate of drug-likeness (QED) is 0.656. The van der Waals surface area contributed by atoms with Gasteiger partial charge in [-0.3, -0.25) is 0 Å². The lowest BCUT2D eigenvalue weighted by atomic mass is 10.0. The Morgan fingerprint density at radius 1 is 1.08 bits per heavy atom. The van der Waals surface area contributed by atoms with Crippen molar-refractivity contribution in [3.63, 3.8) is 0 Å². The minimum atomic E-state index is 0.454. The van der Waals surface area contributed by atoms with Gasteiger partial charge in [0.15, 0.2) is 0 Å². The highest BCUT2D eigenvalue weighted by Crippen LogP contribution is 2.41. The van der Waals surface area contributed by atoms with Gasteiger partial charge in [-0.1, -0.05) is 60.2 Å². The molecular formula is C21H22N2S. The molecule has 3 aromatic rings. The van der Waals surface area contributed by atoms with Gasteiger partial charge in [0.2, 0.25) is 0 Å². The molecule has 1 fully saturated rings. The molecule has 1 N–H and O–H groups in total. The first-order chi connectivity index (χ1) is 11.8. The number of hydrogen-bond acceptors (Lipinski definition) is 3. The molecule has 0 bridgehead atoms. The molecule has 1 unspecified atom stereocenters. The largest absolute Gasteiger partial charge is 0.304 e. The van der Waals surface area contributed by atoms with E-state index >= 15 is 0 Å². The summed E-state index contributed by atoms with van der Waals surface area (Å²) in [5.41, 5.74) is 5.03. The van der Waals surface area contributed by atoms with Gasteiger partial charge in [-0.2, -0.15) is 0 Å². The van der Waals surface area contributed by atoms with Gasteiger partial charge < -0.3 is 5.32 Å². The van der Waals surface area contributed by atoms with Crippen LogP contribution in [-0.4, -0.2) is 4.98 Å². The molecule has 122 valence electrons. The molecule has 2 nitrogen and oxygen atoms in total. The Morgan fingerprint density at radius 2 is 1.83 bits per heavy atom. The lowest BCUT2D eigenvalue weighted by Gasteiger charge is -2.18. The van der Waals surface area contributed by atoms with E-state index in [1.165, 1.54) is 29.5 Å². The van der Waals surface area contributed by atoms with Crippen molar-refractivity contribution in [1.29, 1.82) is 0 Å². The third kappa shape index (κ3) is 3.58. The molecule has 1 aliphatic carbocycles. The van der Waals surface area contributed by atoms with E-state index < -0.39 is 0 Å². The van der Waals surface area contributed by atoms with Crippen molar-refractivity contribution in [2.75, 3.05) is 0 Å². The van der Waals surface area contributed by atoms with Gasteiger partial charge in [-0.15, -0.1) is 11.3 Å². The number of nitrogens with zero attached hydrogens (tertiary/aromatic N) is 1. The molecule has 24 heavy (non-hydrogen) atoms. The normalized spacial score (nSPS) is 15.4. The Balaban J connectivity index is 1.45. The van der Waals surface area contributed by atoms with Crippen molar-refractivity contribution in [2.45, 2.75) is 32.4 Å². The summed E-state index contributed by atoms with van der Waals surface area (Å²) in [5, 5.41) is 7.02. The number of nitrogens with one attached hydrogen (secondary N) is 1. The van der Waals surface area contributed by atoms with Crippen LogP contribution in [0, 0.1) is 12.8 Å². The molecule has 1 aromatic heterocycles. The lowest BCUT2D eigenvalue weighted by Crippen LogP contribution is -2.22. The van der Waals surface area contributed by atoms with Gasteiger partial charge in [0.1, 0.15) is 5.01 Å². The van der Waals surface area contributed by atoms with Crippen molar-refractivity contribution in [3.8, 4) is 10.6 Å². The molecule has 1 heterocycles. The molecule has 0 amide bonds. The van der Waals surface area contributed by atoms with Crippen LogP contribution in [0.25, 0.3) is 10.6 Å². The smallest absolute Gasteiger partial charge is 0.123 e. The fraction of sp³-hybridized carbons (Fsp3) is 0.286. The van der Waals surface area contributed by atoms with Crippen LogP contribution in [-0.2, 0) is 6.54 Å². The van der Waals surface area contributed by atoms with Crippen LogP contribution in [0.5, 0.6) is 0 Å². The maximum absolute atomic E-state index is 4.81. The Kier molecular flexibility index (Phi) is 4.46. The van der Waals surface area contributed by atoms with Gasteiger partial charge >= 0.3 is 0 Å². The van der Waals surface area contributed by atoms with Crippen LogP contribution in [0.1, 0.15) is 35.7 Å². The van der Waals surface area contributed by atoms with E-state index in [0.717, 1.165) is 23.2 Å². The highest BCUT2D eigenvalue weighted by molar-refractivity contribution is 7.13. The van der Waals surface area contributed by atoms with Crippen LogP contribution in [0.4, 0.5) is 0 Å². The summed E-state index contributed by atoms with van der Waals surface area (Å²) in [4.78, 5) is 4.81. The van der Waals surface area contributed by atoms with Crippen molar-refractivity contribution < 1.29 is 0 Å². The van der Waals surface area contributed by atoms with Gasteiger partial charge in [0.05, 0.1) is 5.69 Å². The minimum Gasteiger partial charge on any atom is -0.304 e. The summed E-state index contributed by atoms with van der Waals surface area (Å²) in [6.07, 6.45) is 2.66. The maximum Gasteiger partial charge on any atom is 0.123 e. The molecule has 1 saturated carbocycles. The van der Waals surface area contributed by atoms with Crippen molar-refractivity contribution >= 4 is 11.3 Å². The van der Waals surface area contributed by atoms with Crippen molar-refractivity contribution in [1.82, 2.24) is 10.3 Å². The molecule has 2 aromatic carbocycles. The summed E-state index contributed by atoms with van der Waals surface area (Å²) < 4.78 is 0. The van der Waals surface area contributed by atoms with E-state index in [9.17, 15) is 0 Å². The molecule has 4 rings (SSSR count). The second kappa shape index (κ2) is 6.88.